The first-order valence-corrected chi connectivity index (χ1v) is 16.9. The molecule has 2 heterocycles. The molecule has 0 N–H and O–H groups in total. The van der Waals surface area contributed by atoms with Crippen LogP contribution in [0.4, 0.5) is 0 Å². The van der Waals surface area contributed by atoms with Gasteiger partial charge in [0.25, 0.3) is 0 Å². The van der Waals surface area contributed by atoms with Gasteiger partial charge in [0.1, 0.15) is 12.2 Å². The fraction of sp³-hybridized carbons (Fsp3) is 0.581. The van der Waals surface area contributed by atoms with Crippen LogP contribution in [0.15, 0.2) is 60.7 Å². The second kappa shape index (κ2) is 13.1. The summed E-state index contributed by atoms with van der Waals surface area (Å²) in [6.07, 6.45) is -1.11. The van der Waals surface area contributed by atoms with Crippen LogP contribution in [-0.2, 0) is 46.1 Å². The molecule has 6 unspecified atom stereocenters. The average Bonchev–Trinajstić information content (AvgIpc) is 2.87. The molecule has 0 bridgehead atoms. The molecular formula is C31H44O7Si. The van der Waals surface area contributed by atoms with E-state index < -0.39 is 14.6 Å². The van der Waals surface area contributed by atoms with Gasteiger partial charge in [0.15, 0.2) is 8.32 Å². The SMILES string of the molecule is CC(=O)OC1CC(O[Si](C)(C)C(C)(C)C)C2OC(COCc3ccccc3)C(OCc3ccccc3)CC2O1. The highest BCUT2D eigenvalue weighted by atomic mass is 28.4. The lowest BCUT2D eigenvalue weighted by atomic mass is 9.91. The number of carbonyl (C=O) groups is 1. The zero-order valence-corrected chi connectivity index (χ0v) is 25.1. The molecular weight excluding hydrogens is 512 g/mol. The highest BCUT2D eigenvalue weighted by molar-refractivity contribution is 6.74. The van der Waals surface area contributed by atoms with Gasteiger partial charge in [-0.2, -0.15) is 0 Å². The molecule has 2 aliphatic rings. The molecule has 39 heavy (non-hydrogen) atoms. The van der Waals surface area contributed by atoms with Gasteiger partial charge in [0, 0.05) is 19.8 Å². The maximum Gasteiger partial charge on any atom is 0.304 e. The first-order chi connectivity index (χ1) is 18.5. The Bertz CT molecular complexity index is 1040. The van der Waals surface area contributed by atoms with Crippen molar-refractivity contribution in [2.45, 2.75) is 109 Å². The predicted molar refractivity (Wildman–Crippen MR) is 152 cm³/mol. The normalized spacial score (nSPS) is 27.5. The first-order valence-electron chi connectivity index (χ1n) is 13.9. The topological polar surface area (TPSA) is 72.5 Å². The van der Waals surface area contributed by atoms with Gasteiger partial charge in [0.2, 0.25) is 6.29 Å². The van der Waals surface area contributed by atoms with Crippen molar-refractivity contribution in [1.82, 2.24) is 0 Å². The summed E-state index contributed by atoms with van der Waals surface area (Å²) >= 11 is 0. The van der Waals surface area contributed by atoms with Crippen molar-refractivity contribution in [2.24, 2.45) is 0 Å². The van der Waals surface area contributed by atoms with Gasteiger partial charge < -0.3 is 28.1 Å². The van der Waals surface area contributed by atoms with E-state index in [0.29, 0.717) is 32.7 Å². The van der Waals surface area contributed by atoms with Crippen molar-refractivity contribution in [1.29, 1.82) is 0 Å². The summed E-state index contributed by atoms with van der Waals surface area (Å²) in [7, 11) is -2.14. The van der Waals surface area contributed by atoms with E-state index in [1.807, 2.05) is 60.7 Å². The molecule has 2 fully saturated rings. The fourth-order valence-electron chi connectivity index (χ4n) is 4.82. The van der Waals surface area contributed by atoms with Gasteiger partial charge in [-0.3, -0.25) is 4.79 Å². The zero-order valence-electron chi connectivity index (χ0n) is 24.1. The lowest BCUT2D eigenvalue weighted by molar-refractivity contribution is -0.295. The van der Waals surface area contributed by atoms with E-state index >= 15 is 0 Å². The van der Waals surface area contributed by atoms with Gasteiger partial charge in [-0.1, -0.05) is 81.4 Å². The van der Waals surface area contributed by atoms with E-state index in [2.05, 4.69) is 33.9 Å². The highest BCUT2D eigenvalue weighted by Gasteiger charge is 2.51. The Kier molecular flexibility index (Phi) is 10.0. The number of esters is 1. The van der Waals surface area contributed by atoms with Crippen molar-refractivity contribution < 1.29 is 32.9 Å². The average molecular weight is 557 g/mol. The lowest BCUT2D eigenvalue weighted by Crippen LogP contribution is -2.62. The first kappa shape index (κ1) is 29.9. The lowest BCUT2D eigenvalue weighted by Gasteiger charge is -2.50. The number of ether oxygens (including phenoxy) is 5. The maximum absolute atomic E-state index is 11.8. The standard InChI is InChI=1S/C31H44O7Si/c1-22(32)35-29-18-27(38-39(5,6)31(2,3)4)30-26(36-29)17-25(34-20-24-15-11-8-12-16-24)28(37-30)21-33-19-23-13-9-7-10-14-23/h7-16,25-30H,17-21H2,1-6H3. The van der Waals surface area contributed by atoms with Gasteiger partial charge in [0.05, 0.1) is 38.1 Å². The molecule has 0 aliphatic carbocycles. The summed E-state index contributed by atoms with van der Waals surface area (Å²) in [6.45, 7) is 13.9. The van der Waals surface area contributed by atoms with Crippen LogP contribution in [0.1, 0.15) is 51.7 Å². The van der Waals surface area contributed by atoms with Crippen LogP contribution in [-0.4, -0.2) is 57.7 Å². The third-order valence-corrected chi connectivity index (χ3v) is 12.4. The maximum atomic E-state index is 11.8. The molecule has 0 amide bonds. The summed E-state index contributed by atoms with van der Waals surface area (Å²) in [5.74, 6) is -0.370. The van der Waals surface area contributed by atoms with Crippen LogP contribution in [0.5, 0.6) is 0 Å². The molecule has 8 heteroatoms. The Morgan fingerprint density at radius 2 is 1.51 bits per heavy atom. The van der Waals surface area contributed by atoms with Crippen LogP contribution in [0, 0.1) is 0 Å². The number of rotatable bonds is 10. The monoisotopic (exact) mass is 556 g/mol. The molecule has 0 radical (unpaired) electrons. The summed E-state index contributed by atoms with van der Waals surface area (Å²) in [4.78, 5) is 11.8. The number of carbonyl (C=O) groups excluding carboxylic acids is 1. The summed E-state index contributed by atoms with van der Waals surface area (Å²) in [6, 6.07) is 20.2. The van der Waals surface area contributed by atoms with Crippen LogP contribution in [0.25, 0.3) is 0 Å². The van der Waals surface area contributed by atoms with E-state index in [9.17, 15) is 4.79 Å². The highest BCUT2D eigenvalue weighted by Crippen LogP contribution is 2.42. The smallest absolute Gasteiger partial charge is 0.304 e. The largest absolute Gasteiger partial charge is 0.436 e. The minimum absolute atomic E-state index is 0.0198. The molecule has 0 saturated carbocycles. The summed E-state index contributed by atoms with van der Waals surface area (Å²) in [5.41, 5.74) is 2.20. The molecule has 0 aromatic heterocycles. The number of hydrogen-bond acceptors (Lipinski definition) is 7. The zero-order chi connectivity index (χ0) is 28.0. The van der Waals surface area contributed by atoms with Crippen molar-refractivity contribution in [3.05, 3.63) is 71.8 Å². The van der Waals surface area contributed by atoms with Crippen molar-refractivity contribution in [3.8, 4) is 0 Å². The van der Waals surface area contributed by atoms with Crippen LogP contribution in [0.3, 0.4) is 0 Å². The van der Waals surface area contributed by atoms with E-state index in [4.69, 9.17) is 28.1 Å². The molecule has 2 saturated heterocycles. The van der Waals surface area contributed by atoms with E-state index in [-0.39, 0.29) is 41.5 Å². The summed E-state index contributed by atoms with van der Waals surface area (Å²) < 4.78 is 38.0. The second-order valence-corrected chi connectivity index (χ2v) is 16.8. The molecule has 0 spiro atoms. The third kappa shape index (κ3) is 8.22. The minimum atomic E-state index is -2.14. The van der Waals surface area contributed by atoms with E-state index in [0.717, 1.165) is 11.1 Å². The van der Waals surface area contributed by atoms with E-state index in [1.54, 1.807) is 0 Å². The van der Waals surface area contributed by atoms with Gasteiger partial charge in [-0.25, -0.2) is 0 Å². The minimum Gasteiger partial charge on any atom is -0.436 e. The molecule has 6 atom stereocenters. The Morgan fingerprint density at radius 3 is 2.10 bits per heavy atom. The van der Waals surface area contributed by atoms with Crippen molar-refractivity contribution in [3.63, 3.8) is 0 Å². The number of benzene rings is 2. The predicted octanol–water partition coefficient (Wildman–Crippen LogP) is 6.01. The van der Waals surface area contributed by atoms with Gasteiger partial charge in [-0.05, 0) is 29.3 Å². The van der Waals surface area contributed by atoms with Crippen LogP contribution >= 0.6 is 0 Å². The van der Waals surface area contributed by atoms with Gasteiger partial charge >= 0.3 is 5.97 Å². The van der Waals surface area contributed by atoms with Crippen molar-refractivity contribution >= 4 is 14.3 Å². The molecule has 214 valence electrons. The Labute approximate surface area is 234 Å². The third-order valence-electron chi connectivity index (χ3n) is 7.95. The Hall–Kier alpha value is -2.07. The van der Waals surface area contributed by atoms with Crippen molar-refractivity contribution in [2.75, 3.05) is 6.61 Å². The van der Waals surface area contributed by atoms with Gasteiger partial charge in [-0.15, -0.1) is 0 Å². The molecule has 2 aliphatic heterocycles. The molecule has 2 aromatic rings. The Morgan fingerprint density at radius 1 is 0.897 bits per heavy atom. The Balaban J connectivity index is 1.52. The quantitative estimate of drug-likeness (QED) is 0.262. The number of fused-ring (bicyclic) bond motifs is 1. The van der Waals surface area contributed by atoms with Crippen LogP contribution < -0.4 is 0 Å². The molecule has 2 aromatic carbocycles. The molecule has 4 rings (SSSR count). The fourth-order valence-corrected chi connectivity index (χ4v) is 6.17. The molecule has 7 nitrogen and oxygen atoms in total. The van der Waals surface area contributed by atoms with Crippen LogP contribution in [0.2, 0.25) is 18.1 Å². The van der Waals surface area contributed by atoms with E-state index in [1.165, 1.54) is 6.92 Å². The number of hydrogen-bond donors (Lipinski definition) is 0. The summed E-state index contributed by atoms with van der Waals surface area (Å²) in [5, 5.41) is 0.0198. The second-order valence-electron chi connectivity index (χ2n) is 12.1.